The first-order valence-electron chi connectivity index (χ1n) is 8.06. The highest BCUT2D eigenvalue weighted by Gasteiger charge is 2.21. The minimum atomic E-state index is -0.929. The molecule has 27 heavy (non-hydrogen) atoms. The van der Waals surface area contributed by atoms with E-state index >= 15 is 0 Å². The van der Waals surface area contributed by atoms with Gasteiger partial charge in [-0.2, -0.15) is 5.10 Å². The van der Waals surface area contributed by atoms with E-state index in [1.165, 1.54) is 13.1 Å². The molecule has 138 valence electrons. The molecular formula is C20H18BrN3O3. The molecule has 0 aromatic heterocycles. The van der Waals surface area contributed by atoms with Gasteiger partial charge in [0, 0.05) is 10.0 Å². The third kappa shape index (κ3) is 5.97. The second-order valence-electron chi connectivity index (χ2n) is 5.46. The van der Waals surface area contributed by atoms with Gasteiger partial charge < -0.3 is 10.1 Å². The molecule has 2 amide bonds. The zero-order valence-electron chi connectivity index (χ0n) is 14.6. The molecule has 1 unspecified atom stereocenters. The van der Waals surface area contributed by atoms with Gasteiger partial charge in [0.05, 0.1) is 11.9 Å². The van der Waals surface area contributed by atoms with E-state index in [-0.39, 0.29) is 6.61 Å². The van der Waals surface area contributed by atoms with Gasteiger partial charge in [-0.15, -0.1) is 6.42 Å². The Morgan fingerprint density at radius 2 is 1.93 bits per heavy atom. The zero-order chi connectivity index (χ0) is 19.6. The van der Waals surface area contributed by atoms with Crippen LogP contribution in [0.2, 0.25) is 0 Å². The molecule has 0 radical (unpaired) electrons. The van der Waals surface area contributed by atoms with Crippen molar-refractivity contribution in [1.29, 1.82) is 0 Å². The maximum atomic E-state index is 12.2. The molecule has 6 nitrogen and oxygen atoms in total. The molecule has 2 N–H and O–H groups in total. The van der Waals surface area contributed by atoms with Crippen molar-refractivity contribution < 1.29 is 14.3 Å². The first-order chi connectivity index (χ1) is 13.0. The molecular weight excluding hydrogens is 410 g/mol. The fourth-order valence-corrected chi connectivity index (χ4v) is 2.41. The number of halogens is 1. The number of hydrazone groups is 1. The fraction of sp³-hybridized carbons (Fsp3) is 0.150. The number of rotatable bonds is 7. The van der Waals surface area contributed by atoms with Crippen molar-refractivity contribution in [3.63, 3.8) is 0 Å². The zero-order valence-corrected chi connectivity index (χ0v) is 16.2. The molecule has 1 atom stereocenters. The normalized spacial score (nSPS) is 11.4. The standard InChI is InChI=1S/C20H18BrN3O3/c1-3-12-27-18-11-7-4-8-15(18)13-22-24-20(26)14(2)19(25)23-17-10-6-5-9-16(17)21/h1,4-11,13-14H,12H2,2H3,(H,23,25)(H,24,26). The molecule has 0 spiro atoms. The molecule has 7 heteroatoms. The van der Waals surface area contributed by atoms with E-state index in [0.29, 0.717) is 17.0 Å². The number of benzene rings is 2. The van der Waals surface area contributed by atoms with Crippen LogP contribution in [0.25, 0.3) is 0 Å². The summed E-state index contributed by atoms with van der Waals surface area (Å²) in [6.45, 7) is 1.63. The Morgan fingerprint density at radius 3 is 2.67 bits per heavy atom. The minimum absolute atomic E-state index is 0.128. The molecule has 0 aliphatic carbocycles. The molecule has 2 rings (SSSR count). The lowest BCUT2D eigenvalue weighted by Gasteiger charge is -2.12. The van der Waals surface area contributed by atoms with Gasteiger partial charge in [0.25, 0.3) is 5.91 Å². The van der Waals surface area contributed by atoms with Gasteiger partial charge in [0.1, 0.15) is 18.3 Å². The molecule has 0 heterocycles. The van der Waals surface area contributed by atoms with E-state index in [2.05, 4.69) is 37.7 Å². The topological polar surface area (TPSA) is 79.8 Å². The van der Waals surface area contributed by atoms with Crippen molar-refractivity contribution in [3.05, 3.63) is 58.6 Å². The Kier molecular flexibility index (Phi) is 7.59. The van der Waals surface area contributed by atoms with Gasteiger partial charge in [-0.1, -0.05) is 30.2 Å². The maximum absolute atomic E-state index is 12.2. The van der Waals surface area contributed by atoms with Crippen LogP contribution in [0.5, 0.6) is 5.75 Å². The van der Waals surface area contributed by atoms with E-state index in [9.17, 15) is 9.59 Å². The Labute approximate surface area is 166 Å². The average Bonchev–Trinajstić information content (AvgIpc) is 2.68. The van der Waals surface area contributed by atoms with Crippen LogP contribution < -0.4 is 15.5 Å². The first kappa shape index (κ1) is 20.2. The highest BCUT2D eigenvalue weighted by molar-refractivity contribution is 9.10. The van der Waals surface area contributed by atoms with Crippen LogP contribution in [0, 0.1) is 18.3 Å². The summed E-state index contributed by atoms with van der Waals surface area (Å²) in [6.07, 6.45) is 6.62. The predicted octanol–water partition coefficient (Wildman–Crippen LogP) is 3.19. The number of hydrogen-bond donors (Lipinski definition) is 2. The monoisotopic (exact) mass is 427 g/mol. The summed E-state index contributed by atoms with van der Waals surface area (Å²) < 4.78 is 6.13. The Morgan fingerprint density at radius 1 is 1.22 bits per heavy atom. The Hall–Kier alpha value is -3.11. The third-order valence-corrected chi connectivity index (χ3v) is 4.22. The predicted molar refractivity (Wildman–Crippen MR) is 108 cm³/mol. The van der Waals surface area contributed by atoms with Gasteiger partial charge in [0.15, 0.2) is 0 Å². The van der Waals surface area contributed by atoms with Crippen LogP contribution in [-0.4, -0.2) is 24.6 Å². The van der Waals surface area contributed by atoms with Gasteiger partial charge in [-0.25, -0.2) is 5.43 Å². The van der Waals surface area contributed by atoms with E-state index in [0.717, 1.165) is 4.47 Å². The smallest absolute Gasteiger partial charge is 0.252 e. The first-order valence-corrected chi connectivity index (χ1v) is 8.86. The summed E-state index contributed by atoms with van der Waals surface area (Å²) in [5.74, 6) is 1.04. The van der Waals surface area contributed by atoms with E-state index < -0.39 is 17.7 Å². The molecule has 0 aliphatic heterocycles. The molecule has 0 saturated carbocycles. The van der Waals surface area contributed by atoms with Crippen molar-refractivity contribution in [2.75, 3.05) is 11.9 Å². The molecule has 0 fully saturated rings. The highest BCUT2D eigenvalue weighted by atomic mass is 79.9. The van der Waals surface area contributed by atoms with Crippen LogP contribution in [0.1, 0.15) is 12.5 Å². The largest absolute Gasteiger partial charge is 0.480 e. The quantitative estimate of drug-likeness (QED) is 0.308. The van der Waals surface area contributed by atoms with Crippen molar-refractivity contribution >= 4 is 39.6 Å². The SMILES string of the molecule is C#CCOc1ccccc1C=NNC(=O)C(C)C(=O)Nc1ccccc1Br. The van der Waals surface area contributed by atoms with Crippen LogP contribution in [0.15, 0.2) is 58.1 Å². The highest BCUT2D eigenvalue weighted by Crippen LogP contribution is 2.21. The van der Waals surface area contributed by atoms with Crippen molar-refractivity contribution in [1.82, 2.24) is 5.43 Å². The van der Waals surface area contributed by atoms with Gasteiger partial charge in [-0.3, -0.25) is 9.59 Å². The Balaban J connectivity index is 1.95. The van der Waals surface area contributed by atoms with Crippen molar-refractivity contribution in [2.45, 2.75) is 6.92 Å². The number of carbonyl (C=O) groups is 2. The number of ether oxygens (including phenoxy) is 1. The molecule has 0 saturated heterocycles. The summed E-state index contributed by atoms with van der Waals surface area (Å²) >= 11 is 3.34. The number of terminal acetylenes is 1. The lowest BCUT2D eigenvalue weighted by molar-refractivity contribution is -0.131. The van der Waals surface area contributed by atoms with E-state index in [1.54, 1.807) is 42.5 Å². The van der Waals surface area contributed by atoms with Crippen molar-refractivity contribution in [2.24, 2.45) is 11.0 Å². The van der Waals surface area contributed by atoms with Gasteiger partial charge in [0.2, 0.25) is 5.91 Å². The van der Waals surface area contributed by atoms with Crippen LogP contribution >= 0.6 is 15.9 Å². The molecule has 0 bridgehead atoms. The number of anilines is 1. The third-order valence-electron chi connectivity index (χ3n) is 3.53. The summed E-state index contributed by atoms with van der Waals surface area (Å²) in [5, 5.41) is 6.59. The molecule has 2 aromatic carbocycles. The summed E-state index contributed by atoms with van der Waals surface area (Å²) in [7, 11) is 0. The lowest BCUT2D eigenvalue weighted by atomic mass is 10.1. The van der Waals surface area contributed by atoms with Crippen LogP contribution in [-0.2, 0) is 9.59 Å². The number of hydrogen-bond acceptors (Lipinski definition) is 4. The summed E-state index contributed by atoms with van der Waals surface area (Å²) in [6, 6.07) is 14.3. The second-order valence-corrected chi connectivity index (χ2v) is 6.31. The van der Waals surface area contributed by atoms with Crippen LogP contribution in [0.3, 0.4) is 0 Å². The second kappa shape index (κ2) is 10.1. The van der Waals surface area contributed by atoms with E-state index in [4.69, 9.17) is 11.2 Å². The van der Waals surface area contributed by atoms with Gasteiger partial charge in [-0.05, 0) is 47.1 Å². The Bertz CT molecular complexity index is 890. The average molecular weight is 428 g/mol. The van der Waals surface area contributed by atoms with Gasteiger partial charge >= 0.3 is 0 Å². The number of para-hydroxylation sites is 2. The summed E-state index contributed by atoms with van der Waals surface area (Å²) in [4.78, 5) is 24.4. The molecule has 2 aromatic rings. The maximum Gasteiger partial charge on any atom is 0.252 e. The number of carbonyl (C=O) groups excluding carboxylic acids is 2. The lowest BCUT2D eigenvalue weighted by Crippen LogP contribution is -2.34. The minimum Gasteiger partial charge on any atom is -0.480 e. The van der Waals surface area contributed by atoms with Crippen molar-refractivity contribution in [3.8, 4) is 18.1 Å². The fourth-order valence-electron chi connectivity index (χ4n) is 2.02. The number of nitrogens with one attached hydrogen (secondary N) is 2. The van der Waals surface area contributed by atoms with E-state index in [1.807, 2.05) is 6.07 Å². The van der Waals surface area contributed by atoms with Crippen LogP contribution in [0.4, 0.5) is 5.69 Å². The number of nitrogens with zero attached hydrogens (tertiary/aromatic N) is 1. The molecule has 0 aliphatic rings. The number of amides is 2. The summed E-state index contributed by atoms with van der Waals surface area (Å²) in [5.41, 5.74) is 3.60.